The van der Waals surface area contributed by atoms with Gasteiger partial charge in [0.2, 0.25) is 0 Å². The smallest absolute Gasteiger partial charge is 0.306 e. The maximum absolute atomic E-state index is 10.9. The minimum absolute atomic E-state index is 0.372. The molecule has 0 unspecified atom stereocenters. The Morgan fingerprint density at radius 2 is 1.62 bits per heavy atom. The van der Waals surface area contributed by atoms with Crippen LogP contribution in [0.15, 0.2) is 24.3 Å². The summed E-state index contributed by atoms with van der Waals surface area (Å²) in [6, 6.07) is 7.26. The van der Waals surface area contributed by atoms with Crippen molar-refractivity contribution >= 4 is 10.1 Å². The van der Waals surface area contributed by atoms with Crippen molar-refractivity contribution in [3.05, 3.63) is 29.8 Å². The molecule has 0 aliphatic carbocycles. The number of rotatable bonds is 5. The molecular formula is C12H18O3S. The fraction of sp³-hybridized carbons (Fsp3) is 0.500. The highest BCUT2D eigenvalue weighted by Crippen LogP contribution is 2.25. The molecule has 1 rings (SSSR count). The van der Waals surface area contributed by atoms with Crippen LogP contribution >= 0.6 is 0 Å². The molecular weight excluding hydrogens is 224 g/mol. The zero-order chi connectivity index (χ0) is 12.2. The van der Waals surface area contributed by atoms with Crippen LogP contribution in [0.4, 0.5) is 0 Å². The van der Waals surface area contributed by atoms with Crippen molar-refractivity contribution in [1.29, 1.82) is 0 Å². The summed E-state index contributed by atoms with van der Waals surface area (Å²) >= 11 is 0. The summed E-state index contributed by atoms with van der Waals surface area (Å²) in [5.41, 5.74) is 1.23. The molecule has 1 aromatic rings. The van der Waals surface area contributed by atoms with Crippen molar-refractivity contribution in [2.24, 2.45) is 0 Å². The van der Waals surface area contributed by atoms with Gasteiger partial charge in [-0.15, -0.1) is 0 Å². The van der Waals surface area contributed by atoms with Crippen LogP contribution in [0.5, 0.6) is 5.75 Å². The van der Waals surface area contributed by atoms with Gasteiger partial charge in [-0.2, -0.15) is 8.42 Å². The highest BCUT2D eigenvalue weighted by molar-refractivity contribution is 7.86. The highest BCUT2D eigenvalue weighted by Gasteiger charge is 2.08. The van der Waals surface area contributed by atoms with Crippen molar-refractivity contribution in [2.75, 3.05) is 6.26 Å². The molecule has 0 aliphatic rings. The average Bonchev–Trinajstić information content (AvgIpc) is 2.20. The molecule has 1 aromatic carbocycles. The molecule has 0 radical (unpaired) electrons. The van der Waals surface area contributed by atoms with Crippen molar-refractivity contribution in [3.8, 4) is 5.75 Å². The average molecular weight is 242 g/mol. The van der Waals surface area contributed by atoms with Gasteiger partial charge in [-0.05, 0) is 36.5 Å². The summed E-state index contributed by atoms with van der Waals surface area (Å²) in [4.78, 5) is 0. The molecule has 0 fully saturated rings. The van der Waals surface area contributed by atoms with Crippen molar-refractivity contribution in [1.82, 2.24) is 0 Å². The molecule has 0 bridgehead atoms. The van der Waals surface area contributed by atoms with Gasteiger partial charge in [0.25, 0.3) is 0 Å². The molecule has 0 N–H and O–H groups in total. The minimum Gasteiger partial charge on any atom is -0.383 e. The molecule has 0 saturated carbocycles. The van der Waals surface area contributed by atoms with E-state index in [0.717, 1.165) is 19.1 Å². The molecule has 0 aliphatic heterocycles. The van der Waals surface area contributed by atoms with E-state index in [1.807, 2.05) is 12.1 Å². The third-order valence-electron chi connectivity index (χ3n) is 2.58. The van der Waals surface area contributed by atoms with E-state index in [4.69, 9.17) is 4.18 Å². The zero-order valence-corrected chi connectivity index (χ0v) is 10.8. The Hall–Kier alpha value is -1.03. The second-order valence-corrected chi connectivity index (χ2v) is 5.44. The van der Waals surface area contributed by atoms with Gasteiger partial charge >= 0.3 is 10.1 Å². The Bertz CT molecular complexity index is 416. The van der Waals surface area contributed by atoms with Gasteiger partial charge in [0.1, 0.15) is 5.75 Å². The minimum atomic E-state index is -3.42. The van der Waals surface area contributed by atoms with Gasteiger partial charge in [-0.1, -0.05) is 26.0 Å². The Balaban J connectivity index is 2.82. The summed E-state index contributed by atoms with van der Waals surface area (Å²) in [5.74, 6) is 0.907. The van der Waals surface area contributed by atoms with Gasteiger partial charge in [0.05, 0.1) is 6.26 Å². The van der Waals surface area contributed by atoms with Crippen molar-refractivity contribution in [3.63, 3.8) is 0 Å². The van der Waals surface area contributed by atoms with E-state index in [1.165, 1.54) is 5.56 Å². The lowest BCUT2D eigenvalue weighted by Gasteiger charge is -2.12. The molecule has 4 heteroatoms. The van der Waals surface area contributed by atoms with E-state index in [1.54, 1.807) is 12.1 Å². The first-order valence-corrected chi connectivity index (χ1v) is 7.27. The predicted octanol–water partition coefficient (Wildman–Crippen LogP) is 2.93. The van der Waals surface area contributed by atoms with Gasteiger partial charge in [-0.25, -0.2) is 0 Å². The normalized spacial score (nSPS) is 11.8. The summed E-state index contributed by atoms with van der Waals surface area (Å²) in [6.45, 7) is 4.30. The van der Waals surface area contributed by atoms with Crippen molar-refractivity contribution < 1.29 is 12.6 Å². The lowest BCUT2D eigenvalue weighted by molar-refractivity contribution is 0.492. The van der Waals surface area contributed by atoms with E-state index in [9.17, 15) is 8.42 Å². The SMILES string of the molecule is CCC(CC)c1ccc(OS(C)(=O)=O)cc1. The van der Waals surface area contributed by atoms with E-state index < -0.39 is 10.1 Å². The van der Waals surface area contributed by atoms with Crippen LogP contribution in [-0.4, -0.2) is 14.7 Å². The number of hydrogen-bond donors (Lipinski definition) is 0. The molecule has 0 amide bonds. The maximum Gasteiger partial charge on any atom is 0.306 e. The third kappa shape index (κ3) is 3.85. The highest BCUT2D eigenvalue weighted by atomic mass is 32.2. The van der Waals surface area contributed by atoms with Crippen molar-refractivity contribution in [2.45, 2.75) is 32.6 Å². The summed E-state index contributed by atoms with van der Waals surface area (Å²) in [7, 11) is -3.42. The first-order chi connectivity index (χ1) is 7.46. The van der Waals surface area contributed by atoms with Crippen LogP contribution in [-0.2, 0) is 10.1 Å². The molecule has 0 saturated heterocycles. The number of hydrogen-bond acceptors (Lipinski definition) is 3. The molecule has 0 aromatic heterocycles. The zero-order valence-electron chi connectivity index (χ0n) is 9.93. The van der Waals surface area contributed by atoms with Crippen LogP contribution in [0.2, 0.25) is 0 Å². The third-order valence-corrected chi connectivity index (χ3v) is 3.08. The van der Waals surface area contributed by atoms with Crippen LogP contribution in [0.1, 0.15) is 38.2 Å². The van der Waals surface area contributed by atoms with E-state index in [0.29, 0.717) is 11.7 Å². The summed E-state index contributed by atoms with van der Waals surface area (Å²) < 4.78 is 26.6. The molecule has 0 heterocycles. The summed E-state index contributed by atoms with van der Waals surface area (Å²) in [6.07, 6.45) is 3.22. The first kappa shape index (κ1) is 13.0. The Kier molecular flexibility index (Phi) is 4.35. The molecule has 90 valence electrons. The second kappa shape index (κ2) is 5.34. The number of benzene rings is 1. The molecule has 16 heavy (non-hydrogen) atoms. The lowest BCUT2D eigenvalue weighted by atomic mass is 9.94. The first-order valence-electron chi connectivity index (χ1n) is 5.45. The van der Waals surface area contributed by atoms with Crippen LogP contribution in [0, 0.1) is 0 Å². The van der Waals surface area contributed by atoms with Crippen LogP contribution in [0.25, 0.3) is 0 Å². The Morgan fingerprint density at radius 1 is 1.12 bits per heavy atom. The van der Waals surface area contributed by atoms with Crippen LogP contribution in [0.3, 0.4) is 0 Å². The van der Waals surface area contributed by atoms with Gasteiger partial charge in [0.15, 0.2) is 0 Å². The van der Waals surface area contributed by atoms with Gasteiger partial charge in [-0.3, -0.25) is 0 Å². The monoisotopic (exact) mass is 242 g/mol. The van der Waals surface area contributed by atoms with E-state index >= 15 is 0 Å². The maximum atomic E-state index is 10.9. The summed E-state index contributed by atoms with van der Waals surface area (Å²) in [5, 5.41) is 0. The molecule has 0 atom stereocenters. The van der Waals surface area contributed by atoms with Crippen LogP contribution < -0.4 is 4.18 Å². The second-order valence-electron chi connectivity index (χ2n) is 3.87. The van der Waals surface area contributed by atoms with Gasteiger partial charge in [0, 0.05) is 0 Å². The molecule has 0 spiro atoms. The predicted molar refractivity (Wildman–Crippen MR) is 65.2 cm³/mol. The fourth-order valence-corrected chi connectivity index (χ4v) is 2.19. The topological polar surface area (TPSA) is 43.4 Å². The standard InChI is InChI=1S/C12H18O3S/c1-4-10(5-2)11-6-8-12(9-7-11)15-16(3,13)14/h6-10H,4-5H2,1-3H3. The lowest BCUT2D eigenvalue weighted by Crippen LogP contribution is -2.05. The quantitative estimate of drug-likeness (QED) is 0.746. The van der Waals surface area contributed by atoms with Gasteiger partial charge < -0.3 is 4.18 Å². The fourth-order valence-electron chi connectivity index (χ4n) is 1.73. The Labute approximate surface area is 97.6 Å². The Morgan fingerprint density at radius 3 is 2.00 bits per heavy atom. The van der Waals surface area contributed by atoms with E-state index in [2.05, 4.69) is 13.8 Å². The molecule has 3 nitrogen and oxygen atoms in total. The van der Waals surface area contributed by atoms with E-state index in [-0.39, 0.29) is 0 Å². The largest absolute Gasteiger partial charge is 0.383 e.